The lowest BCUT2D eigenvalue weighted by Crippen LogP contribution is -1.90. The Balaban J connectivity index is 2.75. The minimum Gasteiger partial charge on any atom is -0.397 e. The first-order chi connectivity index (χ1) is 6.20. The number of nitrogens with zero attached hydrogens (tertiary/aromatic N) is 2. The molecule has 2 heterocycles. The third-order valence-corrected chi connectivity index (χ3v) is 2.08. The fourth-order valence-electron chi connectivity index (χ4n) is 1.36. The number of nitrogens with two attached hydrogens (primary N) is 1. The molecule has 0 atom stereocenters. The Bertz CT molecular complexity index is 430. The Morgan fingerprint density at radius 1 is 1.38 bits per heavy atom. The Labute approximate surface area is 76.2 Å². The standard InChI is InChI=1S/C9H12N4/c1-5(2)7-9-8(13-12-7)6(10)3-4-11-9/h3-5H,1-2H3,(H2,10,11)(H,12,13). The smallest absolute Gasteiger partial charge is 0.134 e. The first-order valence-electron chi connectivity index (χ1n) is 4.28. The second kappa shape index (κ2) is 2.73. The maximum Gasteiger partial charge on any atom is 0.134 e. The summed E-state index contributed by atoms with van der Waals surface area (Å²) in [5, 5.41) is 7.09. The molecular formula is C9H12N4. The van der Waals surface area contributed by atoms with Crippen molar-refractivity contribution in [2.45, 2.75) is 19.8 Å². The predicted octanol–water partition coefficient (Wildman–Crippen LogP) is 1.66. The van der Waals surface area contributed by atoms with Gasteiger partial charge in [0.2, 0.25) is 0 Å². The average Bonchev–Trinajstić information content (AvgIpc) is 2.48. The van der Waals surface area contributed by atoms with Crippen LogP contribution < -0.4 is 5.73 Å². The first kappa shape index (κ1) is 8.04. The second-order valence-electron chi connectivity index (χ2n) is 3.39. The monoisotopic (exact) mass is 176 g/mol. The molecule has 0 radical (unpaired) electrons. The van der Waals surface area contributed by atoms with Crippen LogP contribution in [0.5, 0.6) is 0 Å². The van der Waals surface area contributed by atoms with Gasteiger partial charge in [-0.15, -0.1) is 0 Å². The topological polar surface area (TPSA) is 67.6 Å². The van der Waals surface area contributed by atoms with Gasteiger partial charge in [-0.05, 0) is 12.0 Å². The number of nitrogen functional groups attached to an aromatic ring is 1. The summed E-state index contributed by atoms with van der Waals surface area (Å²) in [7, 11) is 0. The number of rotatable bonds is 1. The van der Waals surface area contributed by atoms with Crippen LogP contribution in [0, 0.1) is 0 Å². The van der Waals surface area contributed by atoms with Crippen molar-refractivity contribution in [3.8, 4) is 0 Å². The van der Waals surface area contributed by atoms with E-state index in [0.717, 1.165) is 16.7 Å². The maximum atomic E-state index is 5.75. The molecule has 0 unspecified atom stereocenters. The number of fused-ring (bicyclic) bond motifs is 1. The third kappa shape index (κ3) is 1.14. The quantitative estimate of drug-likeness (QED) is 0.694. The van der Waals surface area contributed by atoms with Crippen LogP contribution in [-0.2, 0) is 0 Å². The van der Waals surface area contributed by atoms with Gasteiger partial charge in [-0.3, -0.25) is 10.1 Å². The minimum absolute atomic E-state index is 0.388. The molecule has 0 aliphatic heterocycles. The molecule has 2 aromatic heterocycles. The van der Waals surface area contributed by atoms with Crippen LogP contribution >= 0.6 is 0 Å². The number of hydrogen-bond acceptors (Lipinski definition) is 3. The molecule has 0 fully saturated rings. The molecule has 0 amide bonds. The normalized spacial score (nSPS) is 11.3. The van der Waals surface area contributed by atoms with Crippen LogP contribution in [0.15, 0.2) is 12.3 Å². The van der Waals surface area contributed by atoms with Crippen molar-refractivity contribution in [3.05, 3.63) is 18.0 Å². The molecule has 2 aromatic rings. The van der Waals surface area contributed by atoms with Crippen molar-refractivity contribution >= 4 is 16.7 Å². The zero-order chi connectivity index (χ0) is 9.42. The SMILES string of the molecule is CC(C)c1[nH]nc2c(N)ccnc12. The molecule has 3 N–H and O–H groups in total. The van der Waals surface area contributed by atoms with E-state index in [-0.39, 0.29) is 0 Å². The number of aromatic amines is 1. The van der Waals surface area contributed by atoms with E-state index in [1.807, 2.05) is 0 Å². The lowest BCUT2D eigenvalue weighted by atomic mass is 10.1. The highest BCUT2D eigenvalue weighted by molar-refractivity contribution is 5.87. The zero-order valence-electron chi connectivity index (χ0n) is 7.70. The minimum atomic E-state index is 0.388. The van der Waals surface area contributed by atoms with Gasteiger partial charge in [-0.2, -0.15) is 5.10 Å². The summed E-state index contributed by atoms with van der Waals surface area (Å²) in [5.74, 6) is 0.388. The van der Waals surface area contributed by atoms with E-state index >= 15 is 0 Å². The van der Waals surface area contributed by atoms with E-state index in [0.29, 0.717) is 11.6 Å². The maximum absolute atomic E-state index is 5.75. The van der Waals surface area contributed by atoms with Crippen LogP contribution in [-0.4, -0.2) is 15.2 Å². The average molecular weight is 176 g/mol. The molecule has 0 aromatic carbocycles. The predicted molar refractivity (Wildman–Crippen MR) is 52.4 cm³/mol. The number of aromatic nitrogens is 3. The molecule has 2 rings (SSSR count). The Morgan fingerprint density at radius 2 is 2.15 bits per heavy atom. The summed E-state index contributed by atoms with van der Waals surface area (Å²) < 4.78 is 0. The molecule has 0 bridgehead atoms. The van der Waals surface area contributed by atoms with Gasteiger partial charge in [0.15, 0.2) is 0 Å². The van der Waals surface area contributed by atoms with Gasteiger partial charge in [-0.25, -0.2) is 0 Å². The van der Waals surface area contributed by atoms with Crippen molar-refractivity contribution in [1.82, 2.24) is 15.2 Å². The summed E-state index contributed by atoms with van der Waals surface area (Å²) in [6, 6.07) is 1.76. The molecule has 0 saturated heterocycles. The number of anilines is 1. The van der Waals surface area contributed by atoms with Crippen LogP contribution in [0.2, 0.25) is 0 Å². The van der Waals surface area contributed by atoms with Crippen LogP contribution in [0.1, 0.15) is 25.5 Å². The summed E-state index contributed by atoms with van der Waals surface area (Å²) >= 11 is 0. The van der Waals surface area contributed by atoms with Gasteiger partial charge >= 0.3 is 0 Å². The molecule has 0 aliphatic rings. The van der Waals surface area contributed by atoms with E-state index in [2.05, 4.69) is 29.0 Å². The van der Waals surface area contributed by atoms with Crippen LogP contribution in [0.3, 0.4) is 0 Å². The van der Waals surface area contributed by atoms with Gasteiger partial charge in [0.25, 0.3) is 0 Å². The van der Waals surface area contributed by atoms with Crippen LogP contribution in [0.25, 0.3) is 11.0 Å². The van der Waals surface area contributed by atoms with Crippen molar-refractivity contribution in [2.24, 2.45) is 0 Å². The summed E-state index contributed by atoms with van der Waals surface area (Å²) in [5.41, 5.74) is 9.12. The molecule has 4 heteroatoms. The summed E-state index contributed by atoms with van der Waals surface area (Å²) in [6.45, 7) is 4.19. The van der Waals surface area contributed by atoms with E-state index in [1.54, 1.807) is 12.3 Å². The first-order valence-corrected chi connectivity index (χ1v) is 4.28. The highest BCUT2D eigenvalue weighted by atomic mass is 15.1. The molecule has 4 nitrogen and oxygen atoms in total. The molecule has 0 spiro atoms. The molecule has 68 valence electrons. The van der Waals surface area contributed by atoms with E-state index in [9.17, 15) is 0 Å². The fourth-order valence-corrected chi connectivity index (χ4v) is 1.36. The number of nitrogens with one attached hydrogen (secondary N) is 1. The summed E-state index contributed by atoms with van der Waals surface area (Å²) in [6.07, 6.45) is 1.71. The zero-order valence-corrected chi connectivity index (χ0v) is 7.70. The van der Waals surface area contributed by atoms with Crippen molar-refractivity contribution in [2.75, 3.05) is 5.73 Å². The van der Waals surface area contributed by atoms with Crippen molar-refractivity contribution < 1.29 is 0 Å². The van der Waals surface area contributed by atoms with Gasteiger partial charge in [0, 0.05) is 6.20 Å². The number of H-pyrrole nitrogens is 1. The molecule has 0 aliphatic carbocycles. The molecule has 13 heavy (non-hydrogen) atoms. The fraction of sp³-hybridized carbons (Fsp3) is 0.333. The van der Waals surface area contributed by atoms with E-state index in [4.69, 9.17) is 5.73 Å². The highest BCUT2D eigenvalue weighted by Gasteiger charge is 2.10. The van der Waals surface area contributed by atoms with Crippen LogP contribution in [0.4, 0.5) is 5.69 Å². The van der Waals surface area contributed by atoms with Gasteiger partial charge in [0.05, 0.1) is 11.4 Å². The molecule has 0 saturated carbocycles. The van der Waals surface area contributed by atoms with Crippen molar-refractivity contribution in [3.63, 3.8) is 0 Å². The Hall–Kier alpha value is -1.58. The Morgan fingerprint density at radius 3 is 2.85 bits per heavy atom. The lowest BCUT2D eigenvalue weighted by Gasteiger charge is -1.99. The number of hydrogen-bond donors (Lipinski definition) is 2. The van der Waals surface area contributed by atoms with Crippen molar-refractivity contribution in [1.29, 1.82) is 0 Å². The third-order valence-electron chi connectivity index (χ3n) is 2.08. The number of pyridine rings is 1. The van der Waals surface area contributed by atoms with Gasteiger partial charge in [-0.1, -0.05) is 13.8 Å². The second-order valence-corrected chi connectivity index (χ2v) is 3.39. The highest BCUT2D eigenvalue weighted by Crippen LogP contribution is 2.23. The lowest BCUT2D eigenvalue weighted by molar-refractivity contribution is 0.815. The largest absolute Gasteiger partial charge is 0.397 e. The summed E-state index contributed by atoms with van der Waals surface area (Å²) in [4.78, 5) is 4.25. The van der Waals surface area contributed by atoms with E-state index in [1.165, 1.54) is 0 Å². The van der Waals surface area contributed by atoms with Gasteiger partial charge < -0.3 is 5.73 Å². The van der Waals surface area contributed by atoms with E-state index < -0.39 is 0 Å². The van der Waals surface area contributed by atoms with Gasteiger partial charge in [0.1, 0.15) is 11.0 Å². The Kier molecular flexibility index (Phi) is 1.69. The molecular weight excluding hydrogens is 164 g/mol.